The maximum Gasteiger partial charge on any atom is 0.327 e. The lowest BCUT2D eigenvalue weighted by molar-refractivity contribution is -0.161. The highest BCUT2D eigenvalue weighted by Crippen LogP contribution is 2.50. The fraction of sp³-hybridized carbons (Fsp3) is 0.526. The number of aliphatic carboxylic acids is 1. The number of carbonyl (C=O) groups is 3. The number of carboxylic acids is 1. The van der Waals surface area contributed by atoms with Crippen LogP contribution in [0.25, 0.3) is 0 Å². The van der Waals surface area contributed by atoms with Gasteiger partial charge in [0.1, 0.15) is 29.2 Å². The van der Waals surface area contributed by atoms with Crippen molar-refractivity contribution in [2.75, 3.05) is 12.3 Å². The van der Waals surface area contributed by atoms with E-state index in [1.54, 1.807) is 19.9 Å². The van der Waals surface area contributed by atoms with E-state index in [2.05, 4.69) is 10.6 Å². The molecule has 1 aromatic carbocycles. The number of anilines is 1. The summed E-state index contributed by atoms with van der Waals surface area (Å²) in [5, 5.41) is 24.6. The molecule has 10 heteroatoms. The molecule has 0 aliphatic carbocycles. The highest BCUT2D eigenvalue weighted by Gasteiger charge is 2.64. The minimum atomic E-state index is -1.05. The van der Waals surface area contributed by atoms with E-state index in [1.165, 1.54) is 28.8 Å². The number of carbonyl (C=O) groups excluding carboxylic acids is 2. The number of hydrogen-bond donors (Lipinski definition) is 5. The number of thioether (sulfide) groups is 1. The van der Waals surface area contributed by atoms with Crippen LogP contribution < -0.4 is 16.4 Å². The second kappa shape index (κ2) is 7.75. The molecule has 3 rings (SSSR count). The van der Waals surface area contributed by atoms with Crippen molar-refractivity contribution in [3.8, 4) is 5.75 Å². The van der Waals surface area contributed by atoms with Gasteiger partial charge in [0.25, 0.3) is 0 Å². The second-order valence-corrected chi connectivity index (χ2v) is 9.56. The summed E-state index contributed by atoms with van der Waals surface area (Å²) in [5.74, 6) is -1.92. The van der Waals surface area contributed by atoms with E-state index in [0.717, 1.165) is 6.42 Å². The van der Waals surface area contributed by atoms with Gasteiger partial charge in [-0.2, -0.15) is 0 Å². The molecule has 2 fully saturated rings. The van der Waals surface area contributed by atoms with Gasteiger partial charge in [-0.1, -0.05) is 13.0 Å². The second-order valence-electron chi connectivity index (χ2n) is 7.79. The molecule has 0 bridgehead atoms. The molecule has 0 saturated carbocycles. The minimum Gasteiger partial charge on any atom is -0.506 e. The SMILES string of the molecule is CCCNC(C(=O)NC1C(=O)N2[C@@H]1SC(C)(C)[C@@H]2C(=O)O)c1ccc(O)c(N)c1. The number of fused-ring (bicyclic) bond motifs is 1. The molecular weight excluding hydrogens is 396 g/mol. The lowest BCUT2D eigenvalue weighted by Crippen LogP contribution is -2.71. The van der Waals surface area contributed by atoms with Crippen molar-refractivity contribution in [2.24, 2.45) is 0 Å². The first-order valence-corrected chi connectivity index (χ1v) is 10.3. The summed E-state index contributed by atoms with van der Waals surface area (Å²) in [6, 6.07) is 2.07. The molecule has 2 amide bonds. The first-order valence-electron chi connectivity index (χ1n) is 9.43. The number of nitrogens with one attached hydrogen (secondary N) is 2. The zero-order chi connectivity index (χ0) is 21.5. The van der Waals surface area contributed by atoms with E-state index >= 15 is 0 Å². The number of rotatable bonds is 7. The fourth-order valence-corrected chi connectivity index (χ4v) is 5.41. The molecule has 2 aliphatic heterocycles. The number of amides is 2. The molecule has 0 aromatic heterocycles. The van der Waals surface area contributed by atoms with E-state index in [4.69, 9.17) is 5.73 Å². The van der Waals surface area contributed by atoms with Gasteiger partial charge in [0.2, 0.25) is 11.8 Å². The Morgan fingerprint density at radius 2 is 2.07 bits per heavy atom. The molecule has 9 nitrogen and oxygen atoms in total. The van der Waals surface area contributed by atoms with E-state index in [0.29, 0.717) is 12.1 Å². The first kappa shape index (κ1) is 21.3. The molecule has 2 unspecified atom stereocenters. The third kappa shape index (κ3) is 3.74. The van der Waals surface area contributed by atoms with Crippen LogP contribution in [0.3, 0.4) is 0 Å². The largest absolute Gasteiger partial charge is 0.506 e. The summed E-state index contributed by atoms with van der Waals surface area (Å²) < 4.78 is -0.656. The Morgan fingerprint density at radius 3 is 2.66 bits per heavy atom. The number of nitrogens with zero attached hydrogens (tertiary/aromatic N) is 1. The maximum atomic E-state index is 13.0. The summed E-state index contributed by atoms with van der Waals surface area (Å²) in [6.45, 7) is 6.09. The zero-order valence-electron chi connectivity index (χ0n) is 16.5. The number of nitrogens with two attached hydrogens (primary N) is 1. The van der Waals surface area contributed by atoms with Crippen LogP contribution >= 0.6 is 11.8 Å². The predicted octanol–water partition coefficient (Wildman–Crippen LogP) is 0.647. The van der Waals surface area contributed by atoms with Crippen LogP contribution in [0.1, 0.15) is 38.8 Å². The molecule has 0 radical (unpaired) electrons. The van der Waals surface area contributed by atoms with Crippen molar-refractivity contribution in [3.05, 3.63) is 23.8 Å². The predicted molar refractivity (Wildman–Crippen MR) is 109 cm³/mol. The van der Waals surface area contributed by atoms with Crippen LogP contribution in [0.2, 0.25) is 0 Å². The zero-order valence-corrected chi connectivity index (χ0v) is 17.3. The molecule has 158 valence electrons. The maximum absolute atomic E-state index is 13.0. The highest BCUT2D eigenvalue weighted by molar-refractivity contribution is 8.01. The van der Waals surface area contributed by atoms with Gasteiger partial charge in [-0.05, 0) is 44.5 Å². The van der Waals surface area contributed by atoms with Crippen molar-refractivity contribution in [1.82, 2.24) is 15.5 Å². The monoisotopic (exact) mass is 422 g/mol. The molecule has 4 atom stereocenters. The smallest absolute Gasteiger partial charge is 0.327 e. The summed E-state index contributed by atoms with van der Waals surface area (Å²) in [5.41, 5.74) is 6.48. The van der Waals surface area contributed by atoms with Crippen LogP contribution in [0.5, 0.6) is 5.75 Å². The topological polar surface area (TPSA) is 145 Å². The number of aromatic hydroxyl groups is 1. The standard InChI is InChI=1S/C19H26N4O5S/c1-4-7-21-12(9-5-6-11(24)10(20)8-9)15(25)22-13-16(26)23-14(18(27)28)19(2,3)29-17(13)23/h5-6,8,12-14,17,21,24H,4,7,20H2,1-3H3,(H,22,25)(H,27,28)/t12?,13?,14-,17+/m0/s1. The van der Waals surface area contributed by atoms with Gasteiger partial charge in [0, 0.05) is 4.75 Å². The molecule has 1 aromatic rings. The number of nitrogen functional groups attached to an aromatic ring is 1. The van der Waals surface area contributed by atoms with Crippen molar-refractivity contribution in [2.45, 2.75) is 55.4 Å². The van der Waals surface area contributed by atoms with Crippen LogP contribution in [0.4, 0.5) is 5.69 Å². The Kier molecular flexibility index (Phi) is 5.68. The number of carboxylic acid groups (broad SMARTS) is 1. The van der Waals surface area contributed by atoms with Gasteiger partial charge in [-0.3, -0.25) is 9.59 Å². The van der Waals surface area contributed by atoms with E-state index in [9.17, 15) is 24.6 Å². The Bertz CT molecular complexity index is 846. The van der Waals surface area contributed by atoms with Crippen molar-refractivity contribution in [1.29, 1.82) is 0 Å². The van der Waals surface area contributed by atoms with Crippen LogP contribution in [-0.2, 0) is 14.4 Å². The third-order valence-electron chi connectivity index (χ3n) is 5.22. The quantitative estimate of drug-likeness (QED) is 0.245. The minimum absolute atomic E-state index is 0.0717. The fourth-order valence-electron chi connectivity index (χ4n) is 3.79. The van der Waals surface area contributed by atoms with E-state index in [1.807, 2.05) is 6.92 Å². The Morgan fingerprint density at radius 1 is 1.38 bits per heavy atom. The normalized spacial score (nSPS) is 25.8. The average Bonchev–Trinajstić information content (AvgIpc) is 2.91. The number of phenolic OH excluding ortho intramolecular Hbond substituents is 1. The van der Waals surface area contributed by atoms with Crippen LogP contribution in [0.15, 0.2) is 18.2 Å². The van der Waals surface area contributed by atoms with Crippen molar-refractivity contribution >= 4 is 35.2 Å². The lowest BCUT2D eigenvalue weighted by Gasteiger charge is -2.44. The van der Waals surface area contributed by atoms with Crippen molar-refractivity contribution < 1.29 is 24.6 Å². The molecule has 2 aliphatic rings. The van der Waals surface area contributed by atoms with Gasteiger partial charge in [0.15, 0.2) is 0 Å². The van der Waals surface area contributed by atoms with Gasteiger partial charge >= 0.3 is 5.97 Å². The Hall–Kier alpha value is -2.46. The molecule has 0 spiro atoms. The summed E-state index contributed by atoms with van der Waals surface area (Å²) in [7, 11) is 0. The summed E-state index contributed by atoms with van der Waals surface area (Å²) in [4.78, 5) is 38.6. The number of hydrogen-bond acceptors (Lipinski definition) is 7. The number of benzene rings is 1. The summed E-state index contributed by atoms with van der Waals surface area (Å²) >= 11 is 1.37. The van der Waals surface area contributed by atoms with Gasteiger partial charge < -0.3 is 31.5 Å². The van der Waals surface area contributed by atoms with Gasteiger partial charge in [-0.25, -0.2) is 4.79 Å². The molecule has 29 heavy (non-hydrogen) atoms. The Labute approximate surface area is 173 Å². The van der Waals surface area contributed by atoms with Crippen LogP contribution in [0, 0.1) is 0 Å². The lowest BCUT2D eigenvalue weighted by atomic mass is 9.95. The third-order valence-corrected chi connectivity index (χ3v) is 6.79. The van der Waals surface area contributed by atoms with Gasteiger partial charge in [-0.15, -0.1) is 11.8 Å². The molecule has 2 heterocycles. The first-order chi connectivity index (χ1) is 13.6. The van der Waals surface area contributed by atoms with E-state index < -0.39 is 46.0 Å². The average molecular weight is 423 g/mol. The van der Waals surface area contributed by atoms with Gasteiger partial charge in [0.05, 0.1) is 5.69 Å². The molecule has 2 saturated heterocycles. The number of β-lactam (4-membered cyclic amide) rings is 1. The summed E-state index contributed by atoms with van der Waals surface area (Å²) in [6.07, 6.45) is 0.792. The van der Waals surface area contributed by atoms with Crippen LogP contribution in [-0.4, -0.2) is 61.6 Å². The van der Waals surface area contributed by atoms with E-state index in [-0.39, 0.29) is 11.4 Å². The number of phenols is 1. The highest BCUT2D eigenvalue weighted by atomic mass is 32.2. The molecular formula is C19H26N4O5S. The Balaban J connectivity index is 1.77. The van der Waals surface area contributed by atoms with Crippen molar-refractivity contribution in [3.63, 3.8) is 0 Å². The molecule has 6 N–H and O–H groups in total.